The number of aromatic nitrogens is 2. The Labute approximate surface area is 175 Å². The number of likely N-dealkylation sites (tertiary alicyclic amines) is 1. The van der Waals surface area contributed by atoms with Gasteiger partial charge in [-0.15, -0.1) is 11.8 Å². The van der Waals surface area contributed by atoms with Gasteiger partial charge in [-0.3, -0.25) is 4.79 Å². The number of alkyl halides is 3. The molecule has 162 valence electrons. The van der Waals surface area contributed by atoms with E-state index in [-0.39, 0.29) is 11.7 Å². The summed E-state index contributed by atoms with van der Waals surface area (Å²) in [4.78, 5) is 23.1. The highest BCUT2D eigenvalue weighted by atomic mass is 32.2. The molecule has 1 fully saturated rings. The van der Waals surface area contributed by atoms with Crippen LogP contribution >= 0.6 is 11.8 Å². The predicted octanol–water partition coefficient (Wildman–Crippen LogP) is 4.17. The SMILES string of the molecule is CCCON=C1CN(C(=O)C(SCC)c2ccc(-c3noc(C(F)(F)F)n3)cc2)C1. The molecule has 0 N–H and O–H groups in total. The quantitative estimate of drug-likeness (QED) is 0.451. The summed E-state index contributed by atoms with van der Waals surface area (Å²) >= 11 is 1.49. The van der Waals surface area contributed by atoms with Crippen LogP contribution in [-0.4, -0.2) is 52.1 Å². The number of carbonyl (C=O) groups excluding carboxylic acids is 1. The Bertz CT molecular complexity index is 891. The first-order chi connectivity index (χ1) is 14.3. The summed E-state index contributed by atoms with van der Waals surface area (Å²) in [6.07, 6.45) is -3.83. The van der Waals surface area contributed by atoms with Crippen molar-refractivity contribution in [2.45, 2.75) is 31.7 Å². The number of nitrogens with zero attached hydrogens (tertiary/aromatic N) is 4. The number of rotatable bonds is 8. The van der Waals surface area contributed by atoms with Crippen molar-refractivity contribution < 1.29 is 27.3 Å². The number of oxime groups is 1. The van der Waals surface area contributed by atoms with Crippen molar-refractivity contribution in [3.8, 4) is 11.4 Å². The Kier molecular flexibility index (Phi) is 7.01. The topological polar surface area (TPSA) is 80.8 Å². The van der Waals surface area contributed by atoms with Gasteiger partial charge in [-0.05, 0) is 17.7 Å². The smallest absolute Gasteiger partial charge is 0.396 e. The summed E-state index contributed by atoms with van der Waals surface area (Å²) in [5, 5.41) is 6.97. The Hall–Kier alpha value is -2.56. The second-order valence-corrected chi connectivity index (χ2v) is 7.95. The zero-order valence-electron chi connectivity index (χ0n) is 16.5. The molecule has 11 heteroatoms. The van der Waals surface area contributed by atoms with Crippen LogP contribution in [0.1, 0.15) is 37.0 Å². The van der Waals surface area contributed by atoms with Crippen LogP contribution in [0.25, 0.3) is 11.4 Å². The molecule has 2 heterocycles. The van der Waals surface area contributed by atoms with Crippen molar-refractivity contribution in [3.05, 3.63) is 35.7 Å². The molecule has 2 aromatic rings. The second kappa shape index (κ2) is 9.50. The fourth-order valence-electron chi connectivity index (χ4n) is 2.74. The van der Waals surface area contributed by atoms with Crippen molar-refractivity contribution in [3.63, 3.8) is 0 Å². The standard InChI is InChI=1S/C19H21F3N4O3S/c1-3-9-28-24-14-10-26(11-14)17(27)15(30-4-2)12-5-7-13(8-6-12)16-23-18(29-25-16)19(20,21)22/h5-8,15H,3-4,9-11H2,1-2H3. The highest BCUT2D eigenvalue weighted by Crippen LogP contribution is 2.34. The molecule has 3 rings (SSSR count). The Morgan fingerprint density at radius 3 is 2.57 bits per heavy atom. The first-order valence-corrected chi connectivity index (χ1v) is 10.5. The number of carbonyl (C=O) groups is 1. The number of hydrogen-bond donors (Lipinski definition) is 0. The van der Waals surface area contributed by atoms with Gasteiger partial charge in [0.1, 0.15) is 11.9 Å². The molecule has 1 saturated heterocycles. The fraction of sp³-hybridized carbons (Fsp3) is 0.474. The van der Waals surface area contributed by atoms with E-state index >= 15 is 0 Å². The monoisotopic (exact) mass is 442 g/mol. The van der Waals surface area contributed by atoms with E-state index < -0.39 is 17.3 Å². The van der Waals surface area contributed by atoms with Gasteiger partial charge >= 0.3 is 12.1 Å². The maximum absolute atomic E-state index is 12.9. The molecule has 1 aromatic carbocycles. The van der Waals surface area contributed by atoms with E-state index in [9.17, 15) is 18.0 Å². The number of benzene rings is 1. The molecular formula is C19H21F3N4O3S. The van der Waals surface area contributed by atoms with Gasteiger partial charge in [-0.2, -0.15) is 18.2 Å². The third kappa shape index (κ3) is 5.13. The van der Waals surface area contributed by atoms with Crippen molar-refractivity contribution in [2.24, 2.45) is 5.16 Å². The molecular weight excluding hydrogens is 421 g/mol. The zero-order valence-corrected chi connectivity index (χ0v) is 17.3. The lowest BCUT2D eigenvalue weighted by molar-refractivity contribution is -0.159. The van der Waals surface area contributed by atoms with Gasteiger partial charge in [0.2, 0.25) is 11.7 Å². The average Bonchev–Trinajstić information content (AvgIpc) is 3.18. The minimum atomic E-state index is -4.69. The second-order valence-electron chi connectivity index (χ2n) is 6.56. The van der Waals surface area contributed by atoms with Gasteiger partial charge in [0.25, 0.3) is 0 Å². The fourth-order valence-corrected chi connectivity index (χ4v) is 3.72. The molecule has 1 unspecified atom stereocenters. The van der Waals surface area contributed by atoms with Crippen molar-refractivity contribution in [1.29, 1.82) is 0 Å². The normalized spacial score (nSPS) is 15.0. The van der Waals surface area contributed by atoms with Gasteiger partial charge in [0.15, 0.2) is 0 Å². The Balaban J connectivity index is 1.68. The molecule has 0 radical (unpaired) electrons. The van der Waals surface area contributed by atoms with E-state index in [1.165, 1.54) is 11.8 Å². The predicted molar refractivity (Wildman–Crippen MR) is 106 cm³/mol. The summed E-state index contributed by atoms with van der Waals surface area (Å²) in [6, 6.07) is 6.56. The van der Waals surface area contributed by atoms with E-state index in [1.807, 2.05) is 13.8 Å². The molecule has 0 aliphatic carbocycles. The van der Waals surface area contributed by atoms with Crippen LogP contribution in [-0.2, 0) is 15.8 Å². The Morgan fingerprint density at radius 1 is 1.30 bits per heavy atom. The number of thioether (sulfide) groups is 1. The van der Waals surface area contributed by atoms with Crippen molar-refractivity contribution >= 4 is 23.4 Å². The molecule has 7 nitrogen and oxygen atoms in total. The van der Waals surface area contributed by atoms with E-state index in [2.05, 4.69) is 19.8 Å². The first kappa shape index (κ1) is 22.1. The minimum Gasteiger partial charge on any atom is -0.396 e. The average molecular weight is 442 g/mol. The van der Waals surface area contributed by atoms with Crippen LogP contribution in [0.2, 0.25) is 0 Å². The van der Waals surface area contributed by atoms with Gasteiger partial charge in [-0.1, -0.05) is 48.4 Å². The van der Waals surface area contributed by atoms with Gasteiger partial charge in [0.05, 0.1) is 18.8 Å². The van der Waals surface area contributed by atoms with Crippen LogP contribution in [0.5, 0.6) is 0 Å². The lowest BCUT2D eigenvalue weighted by Crippen LogP contribution is -2.52. The van der Waals surface area contributed by atoms with Crippen LogP contribution in [0.3, 0.4) is 0 Å². The highest BCUT2D eigenvalue weighted by Gasteiger charge is 2.38. The molecule has 1 aliphatic heterocycles. The van der Waals surface area contributed by atoms with Crippen molar-refractivity contribution in [2.75, 3.05) is 25.4 Å². The molecule has 0 spiro atoms. The van der Waals surface area contributed by atoms with Crippen LogP contribution in [0.15, 0.2) is 33.9 Å². The largest absolute Gasteiger partial charge is 0.471 e. The van der Waals surface area contributed by atoms with E-state index in [1.54, 1.807) is 29.2 Å². The maximum Gasteiger partial charge on any atom is 0.471 e. The first-order valence-electron chi connectivity index (χ1n) is 9.42. The summed E-state index contributed by atoms with van der Waals surface area (Å²) in [5.74, 6) is -0.861. The molecule has 0 bridgehead atoms. The Morgan fingerprint density at radius 2 is 2.00 bits per heavy atom. The summed E-state index contributed by atoms with van der Waals surface area (Å²) in [6.45, 7) is 5.36. The van der Waals surface area contributed by atoms with E-state index in [0.717, 1.165) is 23.4 Å². The lowest BCUT2D eigenvalue weighted by atomic mass is 10.1. The molecule has 1 amide bonds. The summed E-state index contributed by atoms with van der Waals surface area (Å²) in [7, 11) is 0. The van der Waals surface area contributed by atoms with Gasteiger partial charge in [0, 0.05) is 5.56 Å². The molecule has 1 atom stereocenters. The van der Waals surface area contributed by atoms with E-state index in [4.69, 9.17) is 4.84 Å². The van der Waals surface area contributed by atoms with Crippen LogP contribution < -0.4 is 0 Å². The highest BCUT2D eigenvalue weighted by molar-refractivity contribution is 8.00. The molecule has 1 aliphatic rings. The third-order valence-corrected chi connectivity index (χ3v) is 5.39. The lowest BCUT2D eigenvalue weighted by Gasteiger charge is -2.34. The summed E-state index contributed by atoms with van der Waals surface area (Å²) < 4.78 is 42.2. The van der Waals surface area contributed by atoms with Crippen LogP contribution in [0.4, 0.5) is 13.2 Å². The van der Waals surface area contributed by atoms with Gasteiger partial charge in [-0.25, -0.2) is 0 Å². The van der Waals surface area contributed by atoms with E-state index in [0.29, 0.717) is 25.3 Å². The molecule has 30 heavy (non-hydrogen) atoms. The van der Waals surface area contributed by atoms with Gasteiger partial charge < -0.3 is 14.3 Å². The maximum atomic E-state index is 12.9. The number of hydrogen-bond acceptors (Lipinski definition) is 7. The molecule has 1 aromatic heterocycles. The third-order valence-electron chi connectivity index (χ3n) is 4.25. The number of halogens is 3. The van der Waals surface area contributed by atoms with Crippen LogP contribution in [0, 0.1) is 0 Å². The minimum absolute atomic E-state index is 0.0389. The van der Waals surface area contributed by atoms with Crippen molar-refractivity contribution in [1.82, 2.24) is 15.0 Å². The number of amides is 1. The zero-order chi connectivity index (χ0) is 21.7. The molecule has 0 saturated carbocycles. The summed E-state index contributed by atoms with van der Waals surface area (Å²) in [5.41, 5.74) is 1.95.